The summed E-state index contributed by atoms with van der Waals surface area (Å²) in [6.45, 7) is 0. The number of benzene rings is 3. The standard InChI is InChI=1S/C37H43N4.CH4O3S/c1-38(2)32-20-12-28(13-21-32)36(29-14-22-33(23-15-29)39(3)4)10-9-11-37(30-16-24-34(25-17-30)40(5)6)31-18-26-35(27-19-31)41(7)8;1-5(2,3)4/h9-27H,1-8H3;1H3,(H,2,3,4)/q+1;/p-1. The van der Waals surface area contributed by atoms with Crippen molar-refractivity contribution in [3.8, 4) is 0 Å². The van der Waals surface area contributed by atoms with E-state index >= 15 is 0 Å². The lowest BCUT2D eigenvalue weighted by Crippen LogP contribution is -2.10. The van der Waals surface area contributed by atoms with E-state index in [2.05, 4.69) is 191 Å². The van der Waals surface area contributed by atoms with Gasteiger partial charge >= 0.3 is 0 Å². The minimum Gasteiger partial charge on any atom is -0.748 e. The molecule has 0 N–H and O–H groups in total. The van der Waals surface area contributed by atoms with Gasteiger partial charge in [-0.1, -0.05) is 54.6 Å². The van der Waals surface area contributed by atoms with E-state index in [0.29, 0.717) is 6.26 Å². The first-order valence-electron chi connectivity index (χ1n) is 14.9. The number of rotatable bonds is 8. The van der Waals surface area contributed by atoms with Crippen LogP contribution < -0.4 is 14.7 Å². The first-order chi connectivity index (χ1) is 21.6. The molecule has 0 saturated heterocycles. The summed E-state index contributed by atoms with van der Waals surface area (Å²) in [5, 5.41) is 0. The third kappa shape index (κ3) is 10.8. The maximum atomic E-state index is 9.08. The van der Waals surface area contributed by atoms with Gasteiger partial charge in [-0.2, -0.15) is 0 Å². The molecule has 46 heavy (non-hydrogen) atoms. The molecule has 242 valence electrons. The molecular weight excluding hydrogens is 593 g/mol. The molecule has 1 aliphatic carbocycles. The molecule has 4 rings (SSSR count). The van der Waals surface area contributed by atoms with E-state index in [0.717, 1.165) is 0 Å². The Morgan fingerprint density at radius 3 is 1.30 bits per heavy atom. The van der Waals surface area contributed by atoms with Crippen LogP contribution in [-0.4, -0.2) is 85.9 Å². The van der Waals surface area contributed by atoms with Crippen molar-refractivity contribution in [3.05, 3.63) is 138 Å². The molecule has 0 aliphatic heterocycles. The molecule has 0 fully saturated rings. The van der Waals surface area contributed by atoms with Crippen LogP contribution in [0.3, 0.4) is 0 Å². The van der Waals surface area contributed by atoms with Crippen molar-refractivity contribution in [1.82, 2.24) is 0 Å². The molecule has 0 aromatic heterocycles. The fourth-order valence-electron chi connectivity index (χ4n) is 4.72. The fraction of sp³-hybridized carbons (Fsp3) is 0.237. The predicted octanol–water partition coefficient (Wildman–Crippen LogP) is 6.33. The second-order valence-corrected chi connectivity index (χ2v) is 13.2. The van der Waals surface area contributed by atoms with Crippen molar-refractivity contribution in [1.29, 1.82) is 0 Å². The van der Waals surface area contributed by atoms with Gasteiger partial charge in [0.2, 0.25) is 0 Å². The highest BCUT2D eigenvalue weighted by Gasteiger charge is 2.11. The number of anilines is 3. The Bertz CT molecular complexity index is 1690. The van der Waals surface area contributed by atoms with Crippen LogP contribution in [0, 0.1) is 0 Å². The van der Waals surface area contributed by atoms with Crippen molar-refractivity contribution >= 4 is 44.0 Å². The number of nitrogens with zero attached hydrogens (tertiary/aromatic N) is 4. The molecule has 1 aliphatic rings. The van der Waals surface area contributed by atoms with Gasteiger partial charge in [-0.15, -0.1) is 0 Å². The van der Waals surface area contributed by atoms with Crippen molar-refractivity contribution in [2.75, 3.05) is 77.3 Å². The number of allylic oxidation sites excluding steroid dienone is 9. The largest absolute Gasteiger partial charge is 0.748 e. The van der Waals surface area contributed by atoms with Gasteiger partial charge in [0.25, 0.3) is 0 Å². The van der Waals surface area contributed by atoms with Gasteiger partial charge in [0, 0.05) is 77.8 Å². The lowest BCUT2D eigenvalue weighted by Gasteiger charge is -2.16. The van der Waals surface area contributed by atoms with Gasteiger partial charge in [-0.25, -0.2) is 13.0 Å². The summed E-state index contributed by atoms with van der Waals surface area (Å²) >= 11 is 0. The molecule has 0 heterocycles. The molecule has 0 atom stereocenters. The summed E-state index contributed by atoms with van der Waals surface area (Å²) in [5.74, 6) is 0. The van der Waals surface area contributed by atoms with Crippen LogP contribution in [0.25, 0.3) is 11.1 Å². The lowest BCUT2D eigenvalue weighted by atomic mass is 9.94. The Balaban J connectivity index is 0.00000107. The summed E-state index contributed by atoms with van der Waals surface area (Å²) in [6, 6.07) is 26.3. The Hall–Kier alpha value is -4.66. The number of hydrogen-bond acceptors (Lipinski definition) is 6. The Labute approximate surface area is 275 Å². The molecule has 0 radical (unpaired) electrons. The monoisotopic (exact) mass is 638 g/mol. The van der Waals surface area contributed by atoms with Crippen molar-refractivity contribution in [2.45, 2.75) is 0 Å². The van der Waals surface area contributed by atoms with E-state index < -0.39 is 10.1 Å². The highest BCUT2D eigenvalue weighted by molar-refractivity contribution is 7.84. The van der Waals surface area contributed by atoms with Gasteiger partial charge in [0.1, 0.15) is 14.1 Å². The van der Waals surface area contributed by atoms with Gasteiger partial charge in [-0.3, -0.25) is 0 Å². The van der Waals surface area contributed by atoms with Crippen LogP contribution in [0.4, 0.5) is 17.1 Å². The fourth-order valence-corrected chi connectivity index (χ4v) is 4.72. The van der Waals surface area contributed by atoms with E-state index in [1.807, 2.05) is 0 Å². The van der Waals surface area contributed by atoms with E-state index in [4.69, 9.17) is 13.0 Å². The maximum absolute atomic E-state index is 9.08. The second-order valence-electron chi connectivity index (χ2n) is 11.8. The highest BCUT2D eigenvalue weighted by atomic mass is 32.2. The van der Waals surface area contributed by atoms with Crippen molar-refractivity contribution in [2.24, 2.45) is 0 Å². The second kappa shape index (κ2) is 16.1. The van der Waals surface area contributed by atoms with E-state index in [9.17, 15) is 0 Å². The molecule has 0 spiro atoms. The minimum absolute atomic E-state index is 0.604. The number of hydrogen-bond donors (Lipinski definition) is 0. The van der Waals surface area contributed by atoms with Gasteiger partial charge in [-0.05, 0) is 82.0 Å². The third-order valence-corrected chi connectivity index (χ3v) is 7.30. The van der Waals surface area contributed by atoms with Crippen LogP contribution in [0.15, 0.2) is 121 Å². The van der Waals surface area contributed by atoms with Gasteiger partial charge in [0.05, 0.1) is 10.1 Å². The zero-order valence-corrected chi connectivity index (χ0v) is 29.2. The zero-order chi connectivity index (χ0) is 34.0. The Morgan fingerprint density at radius 1 is 0.630 bits per heavy atom. The molecule has 0 amide bonds. The first-order valence-corrected chi connectivity index (χ1v) is 16.7. The quantitative estimate of drug-likeness (QED) is 0.163. The van der Waals surface area contributed by atoms with Crippen LogP contribution in [0.2, 0.25) is 0 Å². The molecule has 7 nitrogen and oxygen atoms in total. The molecule has 0 unspecified atom stereocenters. The van der Waals surface area contributed by atoms with E-state index in [1.54, 1.807) is 0 Å². The summed E-state index contributed by atoms with van der Waals surface area (Å²) in [4.78, 5) is 6.38. The minimum atomic E-state index is -3.92. The SMILES string of the molecule is CN(C)c1ccc(C(=CC=CC(=C2C=CC(=[N+](C)C)C=C2)c2ccc(N(C)C)cc2)c2ccc(N(C)C)cc2)cc1.CS(=O)(=O)[O-]. The predicted molar refractivity (Wildman–Crippen MR) is 196 cm³/mol. The van der Waals surface area contributed by atoms with Crippen LogP contribution in [0.1, 0.15) is 16.7 Å². The van der Waals surface area contributed by atoms with Crippen molar-refractivity contribution < 1.29 is 17.5 Å². The normalized spacial score (nSPS) is 12.4. The molecular formula is C38H46N4O3S. The zero-order valence-electron chi connectivity index (χ0n) is 28.4. The van der Waals surface area contributed by atoms with Gasteiger partial charge in [0.15, 0.2) is 5.71 Å². The van der Waals surface area contributed by atoms with Crippen LogP contribution >= 0.6 is 0 Å². The summed E-state index contributed by atoms with van der Waals surface area (Å²) in [7, 11) is 12.7. The summed E-state index contributed by atoms with van der Waals surface area (Å²) in [5.41, 5.74) is 11.8. The van der Waals surface area contributed by atoms with Crippen molar-refractivity contribution in [3.63, 3.8) is 0 Å². The molecule has 8 heteroatoms. The Morgan fingerprint density at radius 2 is 0.978 bits per heavy atom. The first kappa shape index (κ1) is 35.8. The molecule has 0 saturated carbocycles. The summed E-state index contributed by atoms with van der Waals surface area (Å²) < 4.78 is 29.4. The van der Waals surface area contributed by atoms with Crippen LogP contribution in [0.5, 0.6) is 0 Å². The van der Waals surface area contributed by atoms with Crippen LogP contribution in [-0.2, 0) is 10.1 Å². The van der Waals surface area contributed by atoms with E-state index in [-0.39, 0.29) is 0 Å². The topological polar surface area (TPSA) is 69.9 Å². The lowest BCUT2D eigenvalue weighted by molar-refractivity contribution is -0.462. The third-order valence-electron chi connectivity index (χ3n) is 7.30. The smallest absolute Gasteiger partial charge is 0.199 e. The average Bonchev–Trinajstić information content (AvgIpc) is 3.01. The summed E-state index contributed by atoms with van der Waals surface area (Å²) in [6.07, 6.45) is 16.0. The Kier molecular flexibility index (Phi) is 12.5. The molecule has 3 aromatic rings. The highest BCUT2D eigenvalue weighted by Crippen LogP contribution is 2.29. The molecule has 3 aromatic carbocycles. The maximum Gasteiger partial charge on any atom is 0.199 e. The average molecular weight is 639 g/mol. The van der Waals surface area contributed by atoms with E-state index in [1.165, 1.54) is 56.2 Å². The van der Waals surface area contributed by atoms with Gasteiger partial charge < -0.3 is 19.3 Å². The molecule has 0 bridgehead atoms.